The van der Waals surface area contributed by atoms with Crippen LogP contribution in [0.4, 0.5) is 13.2 Å². The molecule has 1 saturated carbocycles. The third kappa shape index (κ3) is 1.74. The number of rotatable bonds is 1. The molecular weight excluding hydrogens is 191 g/mol. The van der Waals surface area contributed by atoms with E-state index < -0.39 is 11.7 Å². The summed E-state index contributed by atoms with van der Waals surface area (Å²) in [4.78, 5) is 3.70. The van der Waals surface area contributed by atoms with E-state index in [-0.39, 0.29) is 5.92 Å². The molecule has 0 atom stereocenters. The molecule has 76 valence electrons. The van der Waals surface area contributed by atoms with Crippen LogP contribution in [0, 0.1) is 6.92 Å². The Morgan fingerprint density at radius 2 is 2.00 bits per heavy atom. The van der Waals surface area contributed by atoms with Gasteiger partial charge in [-0.1, -0.05) is 0 Å². The molecule has 4 heteroatoms. The molecule has 1 nitrogen and oxygen atoms in total. The summed E-state index contributed by atoms with van der Waals surface area (Å²) in [6, 6.07) is 1.56. The molecule has 0 aliphatic heterocycles. The van der Waals surface area contributed by atoms with Crippen LogP contribution in [0.15, 0.2) is 12.3 Å². The van der Waals surface area contributed by atoms with Crippen molar-refractivity contribution < 1.29 is 13.2 Å². The highest BCUT2D eigenvalue weighted by Gasteiger charge is 2.38. The first-order valence-electron chi connectivity index (χ1n) is 4.52. The molecule has 2 rings (SSSR count). The topological polar surface area (TPSA) is 12.9 Å². The van der Waals surface area contributed by atoms with E-state index in [9.17, 15) is 13.2 Å². The highest BCUT2D eigenvalue weighted by atomic mass is 19.4. The van der Waals surface area contributed by atoms with E-state index in [4.69, 9.17) is 0 Å². The summed E-state index contributed by atoms with van der Waals surface area (Å²) in [5, 5.41) is 0. The van der Waals surface area contributed by atoms with Gasteiger partial charge in [-0.15, -0.1) is 0 Å². The van der Waals surface area contributed by atoms with Crippen molar-refractivity contribution >= 4 is 0 Å². The molecule has 0 spiro atoms. The Bertz CT molecular complexity index is 353. The number of hydrogen-bond acceptors (Lipinski definition) is 1. The van der Waals surface area contributed by atoms with Gasteiger partial charge in [0.25, 0.3) is 0 Å². The molecule has 0 saturated heterocycles. The van der Waals surface area contributed by atoms with Crippen molar-refractivity contribution in [1.29, 1.82) is 0 Å². The Hall–Kier alpha value is -1.06. The van der Waals surface area contributed by atoms with E-state index in [1.54, 1.807) is 13.0 Å². The Balaban J connectivity index is 2.47. The highest BCUT2D eigenvalue weighted by molar-refractivity contribution is 5.34. The van der Waals surface area contributed by atoms with Gasteiger partial charge in [0.15, 0.2) is 0 Å². The van der Waals surface area contributed by atoms with Gasteiger partial charge >= 0.3 is 6.18 Å². The Labute approximate surface area is 80.0 Å². The summed E-state index contributed by atoms with van der Waals surface area (Å²) >= 11 is 0. The molecule has 1 aliphatic carbocycles. The van der Waals surface area contributed by atoms with Crippen molar-refractivity contribution in [3.63, 3.8) is 0 Å². The summed E-state index contributed by atoms with van der Waals surface area (Å²) in [5.41, 5.74) is 0.510. The van der Waals surface area contributed by atoms with E-state index in [0.717, 1.165) is 19.0 Å². The number of nitrogens with zero attached hydrogens (tertiary/aromatic N) is 1. The van der Waals surface area contributed by atoms with Gasteiger partial charge in [0, 0.05) is 11.9 Å². The fraction of sp³-hybridized carbons (Fsp3) is 0.500. The predicted molar refractivity (Wildman–Crippen MR) is 46.0 cm³/mol. The number of halogens is 3. The lowest BCUT2D eigenvalue weighted by Gasteiger charge is -2.11. The van der Waals surface area contributed by atoms with Crippen molar-refractivity contribution in [3.8, 4) is 0 Å². The molecule has 0 N–H and O–H groups in total. The minimum atomic E-state index is -4.27. The predicted octanol–water partition coefficient (Wildman–Crippen LogP) is 3.29. The zero-order valence-electron chi connectivity index (χ0n) is 7.73. The van der Waals surface area contributed by atoms with E-state index in [1.807, 2.05) is 0 Å². The number of aromatic nitrogens is 1. The molecule has 0 radical (unpaired) electrons. The van der Waals surface area contributed by atoms with Gasteiger partial charge in [-0.05, 0) is 37.3 Å². The van der Waals surface area contributed by atoms with E-state index >= 15 is 0 Å². The average molecular weight is 201 g/mol. The van der Waals surface area contributed by atoms with Crippen LogP contribution in [0.5, 0.6) is 0 Å². The molecule has 14 heavy (non-hydrogen) atoms. The molecule has 1 aromatic rings. The second kappa shape index (κ2) is 2.97. The van der Waals surface area contributed by atoms with Crippen molar-refractivity contribution in [1.82, 2.24) is 4.98 Å². The van der Waals surface area contributed by atoms with Gasteiger partial charge in [-0.3, -0.25) is 4.98 Å². The van der Waals surface area contributed by atoms with E-state index in [0.29, 0.717) is 11.3 Å². The van der Waals surface area contributed by atoms with Crippen LogP contribution in [0.1, 0.15) is 35.6 Å². The van der Waals surface area contributed by atoms with E-state index in [1.165, 1.54) is 0 Å². The SMILES string of the molecule is Cc1cc(C2CC2)c(C(F)(F)F)cn1. The summed E-state index contributed by atoms with van der Waals surface area (Å²) in [6.07, 6.45) is -1.58. The molecule has 0 aromatic carbocycles. The van der Waals surface area contributed by atoms with Gasteiger partial charge in [-0.25, -0.2) is 0 Å². The fourth-order valence-electron chi connectivity index (χ4n) is 1.55. The standard InChI is InChI=1S/C10H10F3N/c1-6-4-8(7-2-3-7)9(5-14-6)10(11,12)13/h4-5,7H,2-3H2,1H3. The van der Waals surface area contributed by atoms with E-state index in [2.05, 4.69) is 4.98 Å². The Morgan fingerprint density at radius 3 is 2.50 bits per heavy atom. The molecule has 1 heterocycles. The minimum absolute atomic E-state index is 0.105. The highest BCUT2D eigenvalue weighted by Crippen LogP contribution is 2.45. The lowest BCUT2D eigenvalue weighted by Crippen LogP contribution is -2.09. The van der Waals surface area contributed by atoms with Crippen LogP contribution in [0.2, 0.25) is 0 Å². The van der Waals surface area contributed by atoms with Gasteiger partial charge < -0.3 is 0 Å². The molecular formula is C10H10F3N. The van der Waals surface area contributed by atoms with Crippen LogP contribution >= 0.6 is 0 Å². The largest absolute Gasteiger partial charge is 0.418 e. The molecule has 1 aromatic heterocycles. The lowest BCUT2D eigenvalue weighted by molar-refractivity contribution is -0.138. The number of alkyl halides is 3. The maximum absolute atomic E-state index is 12.5. The van der Waals surface area contributed by atoms with Crippen molar-refractivity contribution in [2.75, 3.05) is 0 Å². The monoisotopic (exact) mass is 201 g/mol. The van der Waals surface area contributed by atoms with Crippen LogP contribution in [0.3, 0.4) is 0 Å². The minimum Gasteiger partial charge on any atom is -0.261 e. The zero-order chi connectivity index (χ0) is 10.3. The summed E-state index contributed by atoms with van der Waals surface area (Å²) in [7, 11) is 0. The van der Waals surface area contributed by atoms with Gasteiger partial charge in [0.05, 0.1) is 5.56 Å². The third-order valence-corrected chi connectivity index (χ3v) is 2.40. The second-order valence-corrected chi connectivity index (χ2v) is 3.68. The maximum atomic E-state index is 12.5. The molecule has 1 aliphatic rings. The van der Waals surface area contributed by atoms with Gasteiger partial charge in [-0.2, -0.15) is 13.2 Å². The number of hydrogen-bond donors (Lipinski definition) is 0. The quantitative estimate of drug-likeness (QED) is 0.679. The maximum Gasteiger partial charge on any atom is 0.418 e. The second-order valence-electron chi connectivity index (χ2n) is 3.68. The third-order valence-electron chi connectivity index (χ3n) is 2.40. The fourth-order valence-corrected chi connectivity index (χ4v) is 1.55. The molecule has 0 bridgehead atoms. The zero-order valence-corrected chi connectivity index (χ0v) is 7.73. The number of aryl methyl sites for hydroxylation is 1. The first kappa shape index (κ1) is 9.49. The van der Waals surface area contributed by atoms with Crippen LogP contribution in [-0.4, -0.2) is 4.98 Å². The van der Waals surface area contributed by atoms with Crippen molar-refractivity contribution in [2.45, 2.75) is 31.9 Å². The van der Waals surface area contributed by atoms with Crippen LogP contribution < -0.4 is 0 Å². The Kier molecular flexibility index (Phi) is 2.01. The summed E-state index contributed by atoms with van der Waals surface area (Å²) in [6.45, 7) is 1.71. The first-order valence-corrected chi connectivity index (χ1v) is 4.52. The molecule has 1 fully saturated rings. The normalized spacial score (nSPS) is 17.1. The van der Waals surface area contributed by atoms with Gasteiger partial charge in [0.1, 0.15) is 0 Å². The van der Waals surface area contributed by atoms with Crippen molar-refractivity contribution in [3.05, 3.63) is 29.1 Å². The smallest absolute Gasteiger partial charge is 0.261 e. The summed E-state index contributed by atoms with van der Waals surface area (Å²) in [5.74, 6) is 0.105. The van der Waals surface area contributed by atoms with Crippen LogP contribution in [-0.2, 0) is 6.18 Å². The first-order chi connectivity index (χ1) is 6.48. The molecule has 0 amide bonds. The number of pyridine rings is 1. The Morgan fingerprint density at radius 1 is 1.36 bits per heavy atom. The average Bonchev–Trinajstić information content (AvgIpc) is 2.83. The lowest BCUT2D eigenvalue weighted by atomic mass is 10.0. The summed E-state index contributed by atoms with van der Waals surface area (Å²) < 4.78 is 37.6. The molecule has 0 unspecified atom stereocenters. The van der Waals surface area contributed by atoms with Crippen LogP contribution in [0.25, 0.3) is 0 Å². The van der Waals surface area contributed by atoms with Gasteiger partial charge in [0.2, 0.25) is 0 Å². The van der Waals surface area contributed by atoms with Crippen molar-refractivity contribution in [2.24, 2.45) is 0 Å².